The van der Waals surface area contributed by atoms with Gasteiger partial charge in [0.1, 0.15) is 5.57 Å². The lowest BCUT2D eigenvalue weighted by Crippen LogP contribution is -2.42. The van der Waals surface area contributed by atoms with Crippen molar-refractivity contribution in [1.29, 1.82) is 0 Å². The van der Waals surface area contributed by atoms with E-state index in [1.165, 1.54) is 11.8 Å². The second-order valence-corrected chi connectivity index (χ2v) is 12.6. The van der Waals surface area contributed by atoms with E-state index < -0.39 is 17.9 Å². The first-order valence-electron chi connectivity index (χ1n) is 16.3. The number of nitrogens with zero attached hydrogens (tertiary/aromatic N) is 3. The zero-order chi connectivity index (χ0) is 36.5. The molecule has 0 saturated carbocycles. The maximum Gasteiger partial charge on any atom is 0.285 e. The SMILES string of the molecule is C=C/C=C\C(=C/C)N1C(=O)/C(=C/c2cc(C)n(-c3ccc(NC(C)=O)cc3)c2C)C(=O)N=C1SCC(=O)NC(c1ccccc1)c1ccccc1. The molecule has 0 radical (unpaired) electrons. The van der Waals surface area contributed by atoms with Crippen LogP contribution in [0.15, 0.2) is 138 Å². The Labute approximate surface area is 302 Å². The molecule has 1 aliphatic rings. The Morgan fingerprint density at radius 2 is 1.57 bits per heavy atom. The van der Waals surface area contributed by atoms with Crippen LogP contribution in [0, 0.1) is 13.8 Å². The van der Waals surface area contributed by atoms with E-state index in [9.17, 15) is 19.2 Å². The lowest BCUT2D eigenvalue weighted by Gasteiger charge is -2.28. The third kappa shape index (κ3) is 8.60. The Kier molecular flexibility index (Phi) is 11.8. The number of nitrogens with one attached hydrogen (secondary N) is 2. The molecule has 51 heavy (non-hydrogen) atoms. The van der Waals surface area contributed by atoms with Crippen molar-refractivity contribution < 1.29 is 19.2 Å². The highest BCUT2D eigenvalue weighted by molar-refractivity contribution is 8.14. The van der Waals surface area contributed by atoms with Gasteiger partial charge in [-0.1, -0.05) is 97.2 Å². The second kappa shape index (κ2) is 16.6. The van der Waals surface area contributed by atoms with Crippen LogP contribution in [0.5, 0.6) is 0 Å². The van der Waals surface area contributed by atoms with Gasteiger partial charge in [-0.05, 0) is 79.9 Å². The van der Waals surface area contributed by atoms with E-state index in [0.717, 1.165) is 40.0 Å². The van der Waals surface area contributed by atoms with Gasteiger partial charge in [0.25, 0.3) is 11.8 Å². The smallest absolute Gasteiger partial charge is 0.285 e. The molecule has 0 bridgehead atoms. The summed E-state index contributed by atoms with van der Waals surface area (Å²) in [5.74, 6) is -1.79. The first-order chi connectivity index (χ1) is 24.6. The van der Waals surface area contributed by atoms with Crippen LogP contribution < -0.4 is 10.6 Å². The van der Waals surface area contributed by atoms with Gasteiger partial charge in [-0.2, -0.15) is 4.99 Å². The first-order valence-corrected chi connectivity index (χ1v) is 17.3. The lowest BCUT2D eigenvalue weighted by molar-refractivity contribution is -0.126. The summed E-state index contributed by atoms with van der Waals surface area (Å²) >= 11 is 1.01. The average molecular weight is 698 g/mol. The predicted octanol–water partition coefficient (Wildman–Crippen LogP) is 7.45. The molecule has 258 valence electrons. The zero-order valence-electron chi connectivity index (χ0n) is 28.9. The molecule has 5 rings (SSSR count). The van der Waals surface area contributed by atoms with Crippen LogP contribution in [0.3, 0.4) is 0 Å². The summed E-state index contributed by atoms with van der Waals surface area (Å²) in [5.41, 5.74) is 6.12. The number of amidine groups is 1. The summed E-state index contributed by atoms with van der Waals surface area (Å²) in [4.78, 5) is 58.4. The van der Waals surface area contributed by atoms with Crippen LogP contribution in [-0.4, -0.2) is 44.0 Å². The summed E-state index contributed by atoms with van der Waals surface area (Å²) in [6.07, 6.45) is 8.27. The van der Waals surface area contributed by atoms with Crippen molar-refractivity contribution in [2.75, 3.05) is 11.1 Å². The summed E-state index contributed by atoms with van der Waals surface area (Å²) in [7, 11) is 0. The first kappa shape index (κ1) is 36.3. The number of aryl methyl sites for hydroxylation is 1. The van der Waals surface area contributed by atoms with Gasteiger partial charge in [0.15, 0.2) is 5.17 Å². The van der Waals surface area contributed by atoms with Gasteiger partial charge < -0.3 is 15.2 Å². The monoisotopic (exact) mass is 697 g/mol. The van der Waals surface area contributed by atoms with Crippen molar-refractivity contribution in [2.45, 2.75) is 33.7 Å². The highest BCUT2D eigenvalue weighted by Gasteiger charge is 2.35. The fourth-order valence-electron chi connectivity index (χ4n) is 5.78. The Morgan fingerprint density at radius 3 is 2.14 bits per heavy atom. The molecule has 2 N–H and O–H groups in total. The lowest BCUT2D eigenvalue weighted by atomic mass is 9.99. The van der Waals surface area contributed by atoms with E-state index in [-0.39, 0.29) is 28.3 Å². The summed E-state index contributed by atoms with van der Waals surface area (Å²) < 4.78 is 2.00. The van der Waals surface area contributed by atoms with Crippen LogP contribution in [0.4, 0.5) is 5.69 Å². The number of aromatic nitrogens is 1. The number of carbonyl (C=O) groups excluding carboxylic acids is 4. The third-order valence-corrected chi connectivity index (χ3v) is 9.07. The number of aliphatic imine (C=N–C) groups is 1. The summed E-state index contributed by atoms with van der Waals surface area (Å²) in [6, 6.07) is 28.2. The molecule has 0 atom stereocenters. The van der Waals surface area contributed by atoms with E-state index in [2.05, 4.69) is 22.2 Å². The van der Waals surface area contributed by atoms with Crippen molar-refractivity contribution in [2.24, 2.45) is 4.99 Å². The van der Waals surface area contributed by atoms with Crippen LogP contribution >= 0.6 is 11.8 Å². The Balaban J connectivity index is 1.43. The van der Waals surface area contributed by atoms with Gasteiger partial charge in [-0.3, -0.25) is 24.1 Å². The van der Waals surface area contributed by atoms with Crippen LogP contribution in [-0.2, 0) is 19.2 Å². The summed E-state index contributed by atoms with van der Waals surface area (Å²) in [6.45, 7) is 10.8. The number of benzene rings is 3. The topological polar surface area (TPSA) is 113 Å². The molecule has 1 aliphatic heterocycles. The quantitative estimate of drug-likeness (QED) is 0.0961. The number of rotatable bonds is 11. The standard InChI is InChI=1S/C41H39N5O4S/c1-6-8-19-34(7-2)46-40(50)36(25-32-24-27(3)45(28(32)4)35-22-20-33(21-23-35)42-29(5)47)39(49)44-41(46)51-26-37(48)43-38(30-15-11-9-12-16-30)31-17-13-10-14-18-31/h6-25,38H,1,26H2,2-5H3,(H,42,47)(H,43,48)/b19-8-,34-7+,36-25+. The molecule has 0 spiro atoms. The van der Waals surface area contributed by atoms with Crippen molar-refractivity contribution in [3.8, 4) is 5.69 Å². The number of amides is 4. The molecule has 2 heterocycles. The van der Waals surface area contributed by atoms with E-state index in [1.54, 1.807) is 37.3 Å². The predicted molar refractivity (Wildman–Crippen MR) is 205 cm³/mol. The maximum atomic E-state index is 14.2. The average Bonchev–Trinajstić information content (AvgIpc) is 3.41. The molecule has 4 amide bonds. The minimum absolute atomic E-state index is 0.0881. The highest BCUT2D eigenvalue weighted by Crippen LogP contribution is 2.29. The number of allylic oxidation sites excluding steroid dienone is 4. The Hall–Kier alpha value is -6.00. The number of hydrogen-bond donors (Lipinski definition) is 2. The number of carbonyl (C=O) groups is 4. The molecule has 0 saturated heterocycles. The Morgan fingerprint density at radius 1 is 0.941 bits per heavy atom. The second-order valence-electron chi connectivity index (χ2n) is 11.7. The van der Waals surface area contributed by atoms with Crippen molar-refractivity contribution in [1.82, 2.24) is 14.8 Å². The van der Waals surface area contributed by atoms with Crippen LogP contribution in [0.1, 0.15) is 48.0 Å². The molecular weight excluding hydrogens is 659 g/mol. The summed E-state index contributed by atoms with van der Waals surface area (Å²) in [5, 5.41) is 5.97. The minimum Gasteiger partial charge on any atom is -0.344 e. The minimum atomic E-state index is -0.696. The molecule has 0 fully saturated rings. The van der Waals surface area contributed by atoms with Gasteiger partial charge in [0, 0.05) is 35.4 Å². The molecular formula is C41H39N5O4S. The van der Waals surface area contributed by atoms with Crippen molar-refractivity contribution in [3.05, 3.63) is 161 Å². The van der Waals surface area contributed by atoms with Gasteiger partial charge in [0.05, 0.1) is 11.8 Å². The van der Waals surface area contributed by atoms with Crippen LogP contribution in [0.25, 0.3) is 11.8 Å². The van der Waals surface area contributed by atoms with E-state index in [0.29, 0.717) is 16.9 Å². The largest absolute Gasteiger partial charge is 0.344 e. The van der Waals surface area contributed by atoms with E-state index >= 15 is 0 Å². The van der Waals surface area contributed by atoms with Gasteiger partial charge in [0.2, 0.25) is 11.8 Å². The molecule has 3 aromatic carbocycles. The van der Waals surface area contributed by atoms with Gasteiger partial charge in [-0.15, -0.1) is 0 Å². The zero-order valence-corrected chi connectivity index (χ0v) is 29.7. The van der Waals surface area contributed by atoms with Gasteiger partial charge >= 0.3 is 0 Å². The van der Waals surface area contributed by atoms with Crippen molar-refractivity contribution in [3.63, 3.8) is 0 Å². The molecule has 9 nitrogen and oxygen atoms in total. The van der Waals surface area contributed by atoms with E-state index in [4.69, 9.17) is 0 Å². The van der Waals surface area contributed by atoms with E-state index in [1.807, 2.05) is 109 Å². The number of thioether (sulfide) groups is 1. The van der Waals surface area contributed by atoms with Gasteiger partial charge in [-0.25, -0.2) is 0 Å². The molecule has 0 unspecified atom stereocenters. The molecule has 1 aromatic heterocycles. The van der Waals surface area contributed by atoms with Crippen molar-refractivity contribution >= 4 is 52.3 Å². The normalized spacial score (nSPS) is 14.3. The number of anilines is 1. The Bertz CT molecular complexity index is 2040. The highest BCUT2D eigenvalue weighted by atomic mass is 32.2. The molecule has 10 heteroatoms. The molecule has 0 aliphatic carbocycles. The van der Waals surface area contributed by atoms with Crippen LogP contribution in [0.2, 0.25) is 0 Å². The third-order valence-electron chi connectivity index (χ3n) is 8.13. The maximum absolute atomic E-state index is 14.2. The number of hydrogen-bond acceptors (Lipinski definition) is 5. The molecule has 4 aromatic rings. The fraction of sp³-hybridized carbons (Fsp3) is 0.146. The fourth-order valence-corrected chi connectivity index (χ4v) is 6.59.